The molecular formula is C7H8N6O. The van der Waals surface area contributed by atoms with E-state index in [0.29, 0.717) is 11.7 Å². The van der Waals surface area contributed by atoms with Gasteiger partial charge in [-0.3, -0.25) is 9.79 Å². The van der Waals surface area contributed by atoms with Crippen LogP contribution in [-0.4, -0.2) is 42.8 Å². The summed E-state index contributed by atoms with van der Waals surface area (Å²) in [6.45, 7) is -0.0843. The zero-order valence-corrected chi connectivity index (χ0v) is 7.21. The molecule has 0 fully saturated rings. The van der Waals surface area contributed by atoms with Gasteiger partial charge in [-0.15, -0.1) is 0 Å². The normalized spacial score (nSPS) is 22.8. The lowest BCUT2D eigenvalue weighted by Crippen LogP contribution is -2.44. The topological polar surface area (TPSA) is 105 Å². The second-order valence-electron chi connectivity index (χ2n) is 2.67. The third-order valence-corrected chi connectivity index (χ3v) is 1.75. The van der Waals surface area contributed by atoms with Crippen LogP contribution in [0.1, 0.15) is 0 Å². The Morgan fingerprint density at radius 3 is 3.14 bits per heavy atom. The number of fused-ring (bicyclic) bond motifs is 1. The van der Waals surface area contributed by atoms with Crippen molar-refractivity contribution in [1.29, 1.82) is 0 Å². The fourth-order valence-corrected chi connectivity index (χ4v) is 1.11. The third kappa shape index (κ3) is 1.44. The van der Waals surface area contributed by atoms with Gasteiger partial charge in [0, 0.05) is 0 Å². The number of aliphatic imine (C=N–C) groups is 4. The number of nitrogens with two attached hydrogens (primary N) is 1. The quantitative estimate of drug-likeness (QED) is 0.517. The Kier molecular flexibility index (Phi) is 2.15. The molecule has 0 aromatic carbocycles. The Morgan fingerprint density at radius 2 is 2.36 bits per heavy atom. The first kappa shape index (κ1) is 8.70. The summed E-state index contributed by atoms with van der Waals surface area (Å²) < 4.78 is 0. The molecule has 0 saturated heterocycles. The van der Waals surface area contributed by atoms with E-state index in [0.717, 1.165) is 0 Å². The van der Waals surface area contributed by atoms with Gasteiger partial charge in [0.2, 0.25) is 5.91 Å². The van der Waals surface area contributed by atoms with Gasteiger partial charge in [-0.05, 0) is 0 Å². The van der Waals surface area contributed by atoms with Crippen LogP contribution in [0.2, 0.25) is 0 Å². The van der Waals surface area contributed by atoms with Gasteiger partial charge < -0.3 is 11.1 Å². The molecule has 2 rings (SSSR count). The molecule has 3 N–H and O–H groups in total. The van der Waals surface area contributed by atoms with Crippen LogP contribution in [-0.2, 0) is 4.79 Å². The minimum atomic E-state index is -0.379. The molecule has 2 aliphatic rings. The van der Waals surface area contributed by atoms with E-state index in [-0.39, 0.29) is 18.5 Å². The number of nitrogens with zero attached hydrogens (tertiary/aromatic N) is 4. The summed E-state index contributed by atoms with van der Waals surface area (Å²) >= 11 is 0. The summed E-state index contributed by atoms with van der Waals surface area (Å²) in [5, 5.41) is 2.54. The van der Waals surface area contributed by atoms with Crippen molar-refractivity contribution in [2.75, 3.05) is 6.54 Å². The minimum absolute atomic E-state index is 0.0843. The maximum absolute atomic E-state index is 11.0. The van der Waals surface area contributed by atoms with Crippen molar-refractivity contribution >= 4 is 30.3 Å². The van der Waals surface area contributed by atoms with Crippen LogP contribution in [0.15, 0.2) is 20.0 Å². The molecule has 1 atom stereocenters. The molecule has 0 bridgehead atoms. The van der Waals surface area contributed by atoms with E-state index in [2.05, 4.69) is 25.3 Å². The number of amides is 1. The molecule has 0 aromatic rings. The highest BCUT2D eigenvalue weighted by molar-refractivity contribution is 6.22. The lowest BCUT2D eigenvalue weighted by molar-refractivity contribution is -0.118. The van der Waals surface area contributed by atoms with Crippen molar-refractivity contribution in [3.63, 3.8) is 0 Å². The van der Waals surface area contributed by atoms with E-state index in [9.17, 15) is 4.79 Å². The highest BCUT2D eigenvalue weighted by Crippen LogP contribution is 2.07. The van der Waals surface area contributed by atoms with Gasteiger partial charge in [0.25, 0.3) is 0 Å². The summed E-state index contributed by atoms with van der Waals surface area (Å²) in [5.74, 6) is 0.649. The molecule has 7 nitrogen and oxygen atoms in total. The van der Waals surface area contributed by atoms with Crippen LogP contribution >= 0.6 is 0 Å². The summed E-state index contributed by atoms with van der Waals surface area (Å²) in [4.78, 5) is 26.7. The van der Waals surface area contributed by atoms with Crippen molar-refractivity contribution in [2.45, 2.75) is 6.04 Å². The second kappa shape index (κ2) is 3.46. The van der Waals surface area contributed by atoms with E-state index >= 15 is 0 Å². The smallest absolute Gasteiger partial charge is 0.239 e. The zero-order valence-electron chi connectivity index (χ0n) is 7.21. The van der Waals surface area contributed by atoms with Crippen molar-refractivity contribution in [2.24, 2.45) is 25.7 Å². The highest BCUT2D eigenvalue weighted by Gasteiger charge is 2.26. The first-order valence-electron chi connectivity index (χ1n) is 4.01. The maximum Gasteiger partial charge on any atom is 0.239 e. The average molecular weight is 192 g/mol. The van der Waals surface area contributed by atoms with Crippen molar-refractivity contribution in [3.8, 4) is 0 Å². The molecule has 0 radical (unpaired) electrons. The molecule has 1 unspecified atom stereocenters. The number of rotatable bonds is 1. The number of amidine groups is 2. The minimum Gasteiger partial charge on any atom is -0.322 e. The summed E-state index contributed by atoms with van der Waals surface area (Å²) in [5.41, 5.74) is 5.16. The van der Waals surface area contributed by atoms with Gasteiger partial charge in [0.15, 0.2) is 11.9 Å². The van der Waals surface area contributed by atoms with E-state index in [4.69, 9.17) is 5.73 Å². The van der Waals surface area contributed by atoms with E-state index in [1.54, 1.807) is 0 Å². The largest absolute Gasteiger partial charge is 0.322 e. The van der Waals surface area contributed by atoms with Crippen molar-refractivity contribution in [3.05, 3.63) is 0 Å². The number of carbonyl (C=O) groups is 1. The molecule has 2 heterocycles. The third-order valence-electron chi connectivity index (χ3n) is 1.75. The Bertz CT molecular complexity index is 380. The van der Waals surface area contributed by atoms with Crippen molar-refractivity contribution < 1.29 is 4.79 Å². The highest BCUT2D eigenvalue weighted by atomic mass is 16.1. The van der Waals surface area contributed by atoms with Crippen LogP contribution in [0.3, 0.4) is 0 Å². The summed E-state index contributed by atoms with van der Waals surface area (Å²) in [7, 11) is 0. The summed E-state index contributed by atoms with van der Waals surface area (Å²) in [6, 6.07) is -0.379. The summed E-state index contributed by atoms with van der Waals surface area (Å²) in [6.07, 6.45) is 2.73. The molecule has 0 spiro atoms. The molecule has 14 heavy (non-hydrogen) atoms. The molecule has 2 aliphatic heterocycles. The Balaban J connectivity index is 2.15. The van der Waals surface area contributed by atoms with Gasteiger partial charge in [0.1, 0.15) is 18.5 Å². The predicted octanol–water partition coefficient (Wildman–Crippen LogP) is -1.69. The molecule has 0 saturated carbocycles. The lowest BCUT2D eigenvalue weighted by atomic mass is 10.2. The number of carbonyl (C=O) groups excluding carboxylic acids is 1. The fourth-order valence-electron chi connectivity index (χ4n) is 1.11. The monoisotopic (exact) mass is 192 g/mol. The molecular weight excluding hydrogens is 184 g/mol. The predicted molar refractivity (Wildman–Crippen MR) is 52.8 cm³/mol. The van der Waals surface area contributed by atoms with Crippen LogP contribution in [0.4, 0.5) is 0 Å². The Morgan fingerprint density at radius 1 is 1.50 bits per heavy atom. The lowest BCUT2D eigenvalue weighted by Gasteiger charge is -2.14. The standard InChI is InChI=1S/C7H8N6O/c8-1-4(14)13-7-5-6(10-2-9-5)11-3-12-7/h2-3,5H,1,8H2,(H,9,10,11,12,13,14). The first-order valence-corrected chi connectivity index (χ1v) is 4.01. The zero-order chi connectivity index (χ0) is 9.97. The average Bonchev–Trinajstić information content (AvgIpc) is 2.66. The number of hydrogen-bond donors (Lipinski definition) is 2. The van der Waals surface area contributed by atoms with Crippen molar-refractivity contribution in [1.82, 2.24) is 5.32 Å². The van der Waals surface area contributed by atoms with Gasteiger partial charge in [0.05, 0.1) is 6.54 Å². The second-order valence-corrected chi connectivity index (χ2v) is 2.67. The fraction of sp³-hybridized carbons (Fsp3) is 0.286. The van der Waals surface area contributed by atoms with Crippen LogP contribution in [0, 0.1) is 0 Å². The number of hydrogen-bond acceptors (Lipinski definition) is 6. The van der Waals surface area contributed by atoms with Crippen LogP contribution in [0.25, 0.3) is 0 Å². The van der Waals surface area contributed by atoms with E-state index < -0.39 is 0 Å². The van der Waals surface area contributed by atoms with Gasteiger partial charge >= 0.3 is 0 Å². The van der Waals surface area contributed by atoms with Crippen LogP contribution < -0.4 is 11.1 Å². The molecule has 72 valence electrons. The van der Waals surface area contributed by atoms with E-state index in [1.165, 1.54) is 12.7 Å². The Labute approximate surface area is 79.5 Å². The SMILES string of the molecule is NCC(=O)NC1=NC=NC2=NC=NC21. The van der Waals surface area contributed by atoms with Crippen LogP contribution in [0.5, 0.6) is 0 Å². The molecule has 0 aromatic heterocycles. The molecule has 1 amide bonds. The Hall–Kier alpha value is -1.89. The first-order chi connectivity index (χ1) is 6.81. The molecule has 7 heteroatoms. The maximum atomic E-state index is 11.0. The molecule has 0 aliphatic carbocycles. The van der Waals surface area contributed by atoms with Gasteiger partial charge in [-0.1, -0.05) is 0 Å². The van der Waals surface area contributed by atoms with Gasteiger partial charge in [-0.2, -0.15) is 0 Å². The van der Waals surface area contributed by atoms with Gasteiger partial charge in [-0.25, -0.2) is 15.0 Å². The number of nitrogens with one attached hydrogen (secondary N) is 1. The van der Waals surface area contributed by atoms with E-state index in [1.807, 2.05) is 0 Å².